The van der Waals surface area contributed by atoms with Crippen LogP contribution in [0, 0.1) is 5.92 Å². The lowest BCUT2D eigenvalue weighted by Crippen LogP contribution is -2.28. The van der Waals surface area contributed by atoms with Crippen LogP contribution in [0.15, 0.2) is 30.3 Å². The van der Waals surface area contributed by atoms with E-state index in [0.29, 0.717) is 18.9 Å². The Kier molecular flexibility index (Phi) is 3.25. The molecule has 1 aliphatic heterocycles. The molecule has 1 aromatic heterocycles. The fraction of sp³-hybridized carbons (Fsp3) is 0.400. The van der Waals surface area contributed by atoms with E-state index in [1.54, 1.807) is 0 Å². The van der Waals surface area contributed by atoms with Crippen molar-refractivity contribution >= 4 is 16.8 Å². The van der Waals surface area contributed by atoms with E-state index in [9.17, 15) is 4.79 Å². The second-order valence-electron chi connectivity index (χ2n) is 5.28. The van der Waals surface area contributed by atoms with Crippen molar-refractivity contribution in [2.24, 2.45) is 11.7 Å². The molecule has 1 unspecified atom stereocenters. The van der Waals surface area contributed by atoms with Crippen molar-refractivity contribution in [1.82, 2.24) is 9.88 Å². The van der Waals surface area contributed by atoms with Gasteiger partial charge >= 0.3 is 0 Å². The van der Waals surface area contributed by atoms with Crippen molar-refractivity contribution in [1.29, 1.82) is 0 Å². The molecule has 0 bridgehead atoms. The van der Waals surface area contributed by atoms with Crippen LogP contribution in [0.25, 0.3) is 10.9 Å². The molecule has 3 N–H and O–H groups in total. The molecule has 1 aromatic carbocycles. The van der Waals surface area contributed by atoms with Crippen molar-refractivity contribution < 1.29 is 4.79 Å². The van der Waals surface area contributed by atoms with Crippen LogP contribution in [0.3, 0.4) is 0 Å². The van der Waals surface area contributed by atoms with Gasteiger partial charge in [0, 0.05) is 37.1 Å². The number of amides is 1. The maximum absolute atomic E-state index is 11.8. The van der Waals surface area contributed by atoms with Gasteiger partial charge in [0.15, 0.2) is 0 Å². The Bertz CT molecular complexity index is 557. The van der Waals surface area contributed by atoms with Gasteiger partial charge in [0.25, 0.3) is 0 Å². The summed E-state index contributed by atoms with van der Waals surface area (Å²) in [5.41, 5.74) is 7.97. The molecular weight excluding hydrogens is 238 g/mol. The van der Waals surface area contributed by atoms with Gasteiger partial charge in [-0.3, -0.25) is 4.79 Å². The number of H-pyrrole nitrogens is 1. The molecule has 2 aromatic rings. The van der Waals surface area contributed by atoms with E-state index < -0.39 is 0 Å². The van der Waals surface area contributed by atoms with Gasteiger partial charge in [-0.1, -0.05) is 18.2 Å². The number of rotatable bonds is 4. The SMILES string of the molecule is NCC1CC(=O)N(CCc2cc3ccccc3[nH]2)C1. The predicted octanol–water partition coefficient (Wildman–Crippen LogP) is 1.52. The molecule has 1 saturated heterocycles. The Labute approximate surface area is 112 Å². The molecule has 0 spiro atoms. The van der Waals surface area contributed by atoms with Crippen LogP contribution < -0.4 is 5.73 Å². The minimum atomic E-state index is 0.242. The summed E-state index contributed by atoms with van der Waals surface area (Å²) in [6.07, 6.45) is 1.49. The highest BCUT2D eigenvalue weighted by atomic mass is 16.2. The summed E-state index contributed by atoms with van der Waals surface area (Å²) in [5, 5.41) is 1.23. The monoisotopic (exact) mass is 257 g/mol. The summed E-state index contributed by atoms with van der Waals surface area (Å²) in [4.78, 5) is 17.1. The third kappa shape index (κ3) is 2.49. The lowest BCUT2D eigenvalue weighted by Gasteiger charge is -2.15. The molecule has 1 atom stereocenters. The largest absolute Gasteiger partial charge is 0.358 e. The first-order valence-electron chi connectivity index (χ1n) is 6.80. The summed E-state index contributed by atoms with van der Waals surface area (Å²) in [6.45, 7) is 2.20. The molecule has 100 valence electrons. The molecule has 2 heterocycles. The maximum atomic E-state index is 11.8. The van der Waals surface area contributed by atoms with E-state index in [2.05, 4.69) is 23.2 Å². The number of nitrogens with two attached hydrogens (primary N) is 1. The lowest BCUT2D eigenvalue weighted by molar-refractivity contribution is -0.127. The Hall–Kier alpha value is -1.81. The number of aromatic nitrogens is 1. The van der Waals surface area contributed by atoms with E-state index in [0.717, 1.165) is 25.0 Å². The molecule has 3 rings (SSSR count). The van der Waals surface area contributed by atoms with Crippen LogP contribution in [0.2, 0.25) is 0 Å². The first-order chi connectivity index (χ1) is 9.26. The second kappa shape index (κ2) is 5.05. The highest BCUT2D eigenvalue weighted by Crippen LogP contribution is 2.18. The number of para-hydroxylation sites is 1. The molecule has 19 heavy (non-hydrogen) atoms. The normalized spacial score (nSPS) is 19.5. The highest BCUT2D eigenvalue weighted by Gasteiger charge is 2.27. The number of benzene rings is 1. The van der Waals surface area contributed by atoms with Crippen LogP contribution in [0.4, 0.5) is 0 Å². The van der Waals surface area contributed by atoms with E-state index in [4.69, 9.17) is 5.73 Å². The van der Waals surface area contributed by atoms with Crippen LogP contribution >= 0.6 is 0 Å². The smallest absolute Gasteiger partial charge is 0.222 e. The number of nitrogens with one attached hydrogen (secondary N) is 1. The lowest BCUT2D eigenvalue weighted by atomic mass is 10.1. The highest BCUT2D eigenvalue weighted by molar-refractivity contribution is 5.80. The minimum absolute atomic E-state index is 0.242. The minimum Gasteiger partial charge on any atom is -0.358 e. The summed E-state index contributed by atoms with van der Waals surface area (Å²) in [6, 6.07) is 10.4. The van der Waals surface area contributed by atoms with E-state index in [1.165, 1.54) is 11.1 Å². The fourth-order valence-electron chi connectivity index (χ4n) is 2.75. The molecular formula is C15H19N3O. The number of carbonyl (C=O) groups is 1. The van der Waals surface area contributed by atoms with Crippen molar-refractivity contribution in [3.63, 3.8) is 0 Å². The van der Waals surface area contributed by atoms with Gasteiger partial charge in [-0.15, -0.1) is 0 Å². The third-order valence-electron chi connectivity index (χ3n) is 3.86. The first kappa shape index (κ1) is 12.2. The number of hydrogen-bond donors (Lipinski definition) is 2. The molecule has 1 fully saturated rings. The average Bonchev–Trinajstić information content (AvgIpc) is 2.99. The first-order valence-corrected chi connectivity index (χ1v) is 6.80. The van der Waals surface area contributed by atoms with Gasteiger partial charge in [0.05, 0.1) is 0 Å². The molecule has 0 aliphatic carbocycles. The Morgan fingerprint density at radius 1 is 1.37 bits per heavy atom. The molecule has 0 radical (unpaired) electrons. The standard InChI is InChI=1S/C15H19N3O/c16-9-11-7-15(19)18(10-11)6-5-13-8-12-3-1-2-4-14(12)17-13/h1-4,8,11,17H,5-7,9-10,16H2. The van der Waals surface area contributed by atoms with Gasteiger partial charge in [-0.25, -0.2) is 0 Å². The van der Waals surface area contributed by atoms with Gasteiger partial charge in [-0.2, -0.15) is 0 Å². The number of aromatic amines is 1. The number of fused-ring (bicyclic) bond motifs is 1. The summed E-state index contributed by atoms with van der Waals surface area (Å²) in [7, 11) is 0. The number of hydrogen-bond acceptors (Lipinski definition) is 2. The van der Waals surface area contributed by atoms with E-state index in [-0.39, 0.29) is 5.91 Å². The Morgan fingerprint density at radius 3 is 2.95 bits per heavy atom. The van der Waals surface area contributed by atoms with Crippen molar-refractivity contribution in [3.8, 4) is 0 Å². The molecule has 4 nitrogen and oxygen atoms in total. The van der Waals surface area contributed by atoms with Gasteiger partial charge < -0.3 is 15.6 Å². The van der Waals surface area contributed by atoms with Crippen LogP contribution in [-0.2, 0) is 11.2 Å². The Balaban J connectivity index is 1.64. The topological polar surface area (TPSA) is 62.1 Å². The summed E-state index contributed by atoms with van der Waals surface area (Å²) in [5.74, 6) is 0.585. The van der Waals surface area contributed by atoms with Crippen LogP contribution in [0.5, 0.6) is 0 Å². The third-order valence-corrected chi connectivity index (χ3v) is 3.86. The second-order valence-corrected chi connectivity index (χ2v) is 5.28. The summed E-state index contributed by atoms with van der Waals surface area (Å²) >= 11 is 0. The van der Waals surface area contributed by atoms with Gasteiger partial charge in [0.1, 0.15) is 0 Å². The zero-order chi connectivity index (χ0) is 13.2. The van der Waals surface area contributed by atoms with Gasteiger partial charge in [-0.05, 0) is 30.0 Å². The molecule has 1 aliphatic rings. The van der Waals surface area contributed by atoms with Crippen molar-refractivity contribution in [2.75, 3.05) is 19.6 Å². The van der Waals surface area contributed by atoms with Gasteiger partial charge in [0.2, 0.25) is 5.91 Å². The zero-order valence-corrected chi connectivity index (χ0v) is 10.9. The van der Waals surface area contributed by atoms with Crippen molar-refractivity contribution in [2.45, 2.75) is 12.8 Å². The number of likely N-dealkylation sites (tertiary alicyclic amines) is 1. The predicted molar refractivity (Wildman–Crippen MR) is 75.7 cm³/mol. The summed E-state index contributed by atoms with van der Waals surface area (Å²) < 4.78 is 0. The molecule has 0 saturated carbocycles. The molecule has 4 heteroatoms. The zero-order valence-electron chi connectivity index (χ0n) is 10.9. The van der Waals surface area contributed by atoms with Crippen LogP contribution in [0.1, 0.15) is 12.1 Å². The van der Waals surface area contributed by atoms with E-state index >= 15 is 0 Å². The quantitative estimate of drug-likeness (QED) is 0.872. The van der Waals surface area contributed by atoms with Crippen molar-refractivity contribution in [3.05, 3.63) is 36.0 Å². The fourth-order valence-corrected chi connectivity index (χ4v) is 2.75. The maximum Gasteiger partial charge on any atom is 0.222 e. The number of nitrogens with zero attached hydrogens (tertiary/aromatic N) is 1. The number of carbonyl (C=O) groups excluding carboxylic acids is 1. The van der Waals surface area contributed by atoms with E-state index in [1.807, 2.05) is 17.0 Å². The average molecular weight is 257 g/mol. The Morgan fingerprint density at radius 2 is 2.21 bits per heavy atom. The van der Waals surface area contributed by atoms with Crippen LogP contribution in [-0.4, -0.2) is 35.4 Å². The molecule has 1 amide bonds.